The molecule has 1 aromatic rings. The lowest BCUT2D eigenvalue weighted by Crippen LogP contribution is -2.17. The van der Waals surface area contributed by atoms with Crippen molar-refractivity contribution in [1.29, 1.82) is 0 Å². The fraction of sp³-hybridized carbons (Fsp3) is 0.400. The number of anilines is 1. The summed E-state index contributed by atoms with van der Waals surface area (Å²) in [7, 11) is 2.05. The Bertz CT molecular complexity index is 230. The summed E-state index contributed by atoms with van der Waals surface area (Å²) in [5.74, 6) is 0.323. The van der Waals surface area contributed by atoms with E-state index in [2.05, 4.69) is 18.9 Å². The van der Waals surface area contributed by atoms with Crippen LogP contribution < -0.4 is 4.90 Å². The number of benzene rings is 1. The molecular formula is C10H15NO. The summed E-state index contributed by atoms with van der Waals surface area (Å²) < 4.78 is 0. The molecular weight excluding hydrogens is 150 g/mol. The highest BCUT2D eigenvalue weighted by molar-refractivity contribution is 5.47. The summed E-state index contributed by atoms with van der Waals surface area (Å²) >= 11 is 0. The molecule has 0 heterocycles. The zero-order valence-corrected chi connectivity index (χ0v) is 7.62. The van der Waals surface area contributed by atoms with Gasteiger partial charge in [0.25, 0.3) is 0 Å². The van der Waals surface area contributed by atoms with Crippen LogP contribution in [0.5, 0.6) is 5.75 Å². The molecule has 2 heteroatoms. The molecule has 0 saturated heterocycles. The van der Waals surface area contributed by atoms with Crippen molar-refractivity contribution in [2.45, 2.75) is 13.3 Å². The van der Waals surface area contributed by atoms with Crippen LogP contribution >= 0.6 is 0 Å². The maximum Gasteiger partial charge on any atom is 0.115 e. The van der Waals surface area contributed by atoms with Crippen molar-refractivity contribution < 1.29 is 5.11 Å². The molecule has 1 aromatic carbocycles. The van der Waals surface area contributed by atoms with E-state index in [0.29, 0.717) is 5.75 Å². The number of hydrogen-bond donors (Lipinski definition) is 1. The first kappa shape index (κ1) is 8.91. The lowest BCUT2D eigenvalue weighted by atomic mass is 10.3. The number of nitrogens with zero attached hydrogens (tertiary/aromatic N) is 1. The molecule has 0 aliphatic carbocycles. The molecule has 0 radical (unpaired) electrons. The van der Waals surface area contributed by atoms with Crippen molar-refractivity contribution in [1.82, 2.24) is 0 Å². The molecule has 0 unspecified atom stereocenters. The minimum Gasteiger partial charge on any atom is -0.508 e. The highest BCUT2D eigenvalue weighted by atomic mass is 16.3. The molecule has 0 aliphatic rings. The Morgan fingerprint density at radius 3 is 2.33 bits per heavy atom. The first-order valence-electron chi connectivity index (χ1n) is 4.24. The molecule has 1 N–H and O–H groups in total. The molecule has 0 aliphatic heterocycles. The van der Waals surface area contributed by atoms with Gasteiger partial charge in [-0.15, -0.1) is 0 Å². The van der Waals surface area contributed by atoms with Crippen LogP contribution in [0.3, 0.4) is 0 Å². The van der Waals surface area contributed by atoms with Gasteiger partial charge in [0.1, 0.15) is 5.75 Å². The topological polar surface area (TPSA) is 23.5 Å². The van der Waals surface area contributed by atoms with E-state index in [1.54, 1.807) is 12.1 Å². The molecule has 0 bridgehead atoms. The highest BCUT2D eigenvalue weighted by Gasteiger charge is 1.97. The van der Waals surface area contributed by atoms with E-state index in [9.17, 15) is 0 Å². The Hall–Kier alpha value is -1.18. The van der Waals surface area contributed by atoms with Gasteiger partial charge in [-0.25, -0.2) is 0 Å². The maximum absolute atomic E-state index is 9.05. The predicted molar refractivity (Wildman–Crippen MR) is 51.7 cm³/mol. The maximum atomic E-state index is 9.05. The quantitative estimate of drug-likeness (QED) is 0.742. The van der Waals surface area contributed by atoms with Crippen molar-refractivity contribution in [3.8, 4) is 5.75 Å². The van der Waals surface area contributed by atoms with Gasteiger partial charge in [-0.2, -0.15) is 0 Å². The Labute approximate surface area is 73.4 Å². The van der Waals surface area contributed by atoms with Gasteiger partial charge >= 0.3 is 0 Å². The van der Waals surface area contributed by atoms with E-state index in [1.165, 1.54) is 0 Å². The van der Waals surface area contributed by atoms with Crippen LogP contribution in [0.2, 0.25) is 0 Å². The summed E-state index contributed by atoms with van der Waals surface area (Å²) in [6, 6.07) is 7.26. The Balaban J connectivity index is 2.68. The van der Waals surface area contributed by atoms with Crippen molar-refractivity contribution in [2.75, 3.05) is 18.5 Å². The van der Waals surface area contributed by atoms with Crippen molar-refractivity contribution in [2.24, 2.45) is 0 Å². The summed E-state index contributed by atoms with van der Waals surface area (Å²) in [5.41, 5.74) is 1.15. The molecule has 0 aromatic heterocycles. The second kappa shape index (κ2) is 4.00. The Morgan fingerprint density at radius 1 is 1.25 bits per heavy atom. The monoisotopic (exact) mass is 165 g/mol. The van der Waals surface area contributed by atoms with E-state index in [1.807, 2.05) is 12.1 Å². The van der Waals surface area contributed by atoms with Crippen molar-refractivity contribution in [3.05, 3.63) is 24.3 Å². The van der Waals surface area contributed by atoms with Crippen LogP contribution in [0.15, 0.2) is 24.3 Å². The Kier molecular flexibility index (Phi) is 2.97. The van der Waals surface area contributed by atoms with Crippen LogP contribution in [0.1, 0.15) is 13.3 Å². The van der Waals surface area contributed by atoms with E-state index in [-0.39, 0.29) is 0 Å². The number of phenols is 1. The molecule has 12 heavy (non-hydrogen) atoms. The normalized spacial score (nSPS) is 9.83. The van der Waals surface area contributed by atoms with Crippen LogP contribution in [-0.2, 0) is 0 Å². The van der Waals surface area contributed by atoms with Gasteiger partial charge in [0, 0.05) is 19.3 Å². The molecule has 0 saturated carbocycles. The average molecular weight is 165 g/mol. The fourth-order valence-corrected chi connectivity index (χ4v) is 1.17. The number of phenolic OH excluding ortho intramolecular Hbond substituents is 1. The van der Waals surface area contributed by atoms with Gasteiger partial charge in [-0.1, -0.05) is 6.92 Å². The standard InChI is InChI=1S/C10H15NO/c1-3-8-11(2)9-4-6-10(12)7-5-9/h4-7,12H,3,8H2,1-2H3. The van der Waals surface area contributed by atoms with Crippen LogP contribution in [0.25, 0.3) is 0 Å². The Morgan fingerprint density at radius 2 is 1.83 bits per heavy atom. The van der Waals surface area contributed by atoms with E-state index >= 15 is 0 Å². The van der Waals surface area contributed by atoms with E-state index < -0.39 is 0 Å². The summed E-state index contributed by atoms with van der Waals surface area (Å²) in [6.07, 6.45) is 1.14. The SMILES string of the molecule is CCCN(C)c1ccc(O)cc1. The fourth-order valence-electron chi connectivity index (χ4n) is 1.17. The number of hydrogen-bond acceptors (Lipinski definition) is 2. The van der Waals surface area contributed by atoms with Gasteiger partial charge in [-0.3, -0.25) is 0 Å². The third-order valence-electron chi connectivity index (χ3n) is 1.85. The summed E-state index contributed by atoms with van der Waals surface area (Å²) in [5, 5.41) is 9.05. The van der Waals surface area contributed by atoms with Crippen molar-refractivity contribution >= 4 is 5.69 Å². The zero-order chi connectivity index (χ0) is 8.97. The molecule has 2 nitrogen and oxygen atoms in total. The van der Waals surface area contributed by atoms with Crippen molar-refractivity contribution in [3.63, 3.8) is 0 Å². The molecule has 0 atom stereocenters. The van der Waals surface area contributed by atoms with E-state index in [4.69, 9.17) is 5.11 Å². The highest BCUT2D eigenvalue weighted by Crippen LogP contribution is 2.16. The van der Waals surface area contributed by atoms with Gasteiger partial charge in [0.2, 0.25) is 0 Å². The molecule has 0 fully saturated rings. The second-order valence-corrected chi connectivity index (χ2v) is 2.94. The van der Waals surface area contributed by atoms with Crippen LogP contribution in [-0.4, -0.2) is 18.7 Å². The lowest BCUT2D eigenvalue weighted by Gasteiger charge is -2.17. The van der Waals surface area contributed by atoms with E-state index in [0.717, 1.165) is 18.7 Å². The number of rotatable bonds is 3. The van der Waals surface area contributed by atoms with Gasteiger partial charge < -0.3 is 10.0 Å². The second-order valence-electron chi connectivity index (χ2n) is 2.94. The first-order valence-corrected chi connectivity index (χ1v) is 4.24. The molecule has 66 valence electrons. The summed E-state index contributed by atoms with van der Waals surface area (Å²) in [6.45, 7) is 3.20. The molecule has 1 rings (SSSR count). The number of aromatic hydroxyl groups is 1. The molecule has 0 amide bonds. The summed E-state index contributed by atoms with van der Waals surface area (Å²) in [4.78, 5) is 2.17. The van der Waals surface area contributed by atoms with Crippen LogP contribution in [0, 0.1) is 0 Å². The largest absolute Gasteiger partial charge is 0.508 e. The molecule has 0 spiro atoms. The first-order chi connectivity index (χ1) is 5.74. The van der Waals surface area contributed by atoms with Crippen LogP contribution in [0.4, 0.5) is 5.69 Å². The van der Waals surface area contributed by atoms with Gasteiger partial charge in [0.05, 0.1) is 0 Å². The average Bonchev–Trinajstić information content (AvgIpc) is 2.06. The minimum atomic E-state index is 0.323. The lowest BCUT2D eigenvalue weighted by molar-refractivity contribution is 0.475. The van der Waals surface area contributed by atoms with Gasteiger partial charge in [-0.05, 0) is 30.7 Å². The minimum absolute atomic E-state index is 0.323. The third-order valence-corrected chi connectivity index (χ3v) is 1.85. The zero-order valence-electron chi connectivity index (χ0n) is 7.62. The third kappa shape index (κ3) is 2.16. The predicted octanol–water partition coefficient (Wildman–Crippen LogP) is 2.24. The smallest absolute Gasteiger partial charge is 0.115 e. The van der Waals surface area contributed by atoms with Gasteiger partial charge in [0.15, 0.2) is 0 Å².